The molecule has 0 aliphatic heterocycles. The first-order valence-electron chi connectivity index (χ1n) is 8.39. The monoisotopic (exact) mass is 340 g/mol. The topological polar surface area (TPSA) is 59.9 Å². The fourth-order valence-corrected chi connectivity index (χ4v) is 2.18. The molecule has 5 heteroatoms. The smallest absolute Gasteiger partial charge is 0.277 e. The quantitative estimate of drug-likeness (QED) is 0.561. The molecular formula is C20H24N2O3. The first-order chi connectivity index (χ1) is 12.2. The highest BCUT2D eigenvalue weighted by molar-refractivity contribution is 5.83. The molecule has 0 atom stereocenters. The van der Waals surface area contributed by atoms with Gasteiger partial charge in [0.25, 0.3) is 5.91 Å². The summed E-state index contributed by atoms with van der Waals surface area (Å²) in [7, 11) is 1.61. The van der Waals surface area contributed by atoms with E-state index in [1.54, 1.807) is 13.3 Å². The Morgan fingerprint density at radius 3 is 2.40 bits per heavy atom. The summed E-state index contributed by atoms with van der Waals surface area (Å²) in [4.78, 5) is 11.7. The second-order valence-electron chi connectivity index (χ2n) is 5.60. The maximum atomic E-state index is 11.7. The molecule has 2 aromatic carbocycles. The van der Waals surface area contributed by atoms with Gasteiger partial charge < -0.3 is 9.47 Å². The van der Waals surface area contributed by atoms with E-state index in [0.29, 0.717) is 5.75 Å². The van der Waals surface area contributed by atoms with Crippen molar-refractivity contribution in [3.05, 3.63) is 59.7 Å². The van der Waals surface area contributed by atoms with Crippen molar-refractivity contribution in [1.29, 1.82) is 0 Å². The summed E-state index contributed by atoms with van der Waals surface area (Å²) >= 11 is 0. The van der Waals surface area contributed by atoms with E-state index in [1.807, 2.05) is 48.5 Å². The number of carbonyl (C=O) groups is 1. The SMILES string of the molecule is CCCCc1ccc(OCC(=O)NN=Cc2ccc(OC)cc2)cc1. The van der Waals surface area contributed by atoms with E-state index in [0.717, 1.165) is 17.7 Å². The third kappa shape index (κ3) is 6.67. The minimum absolute atomic E-state index is 0.0751. The minimum Gasteiger partial charge on any atom is -0.497 e. The molecule has 5 nitrogen and oxygen atoms in total. The fourth-order valence-electron chi connectivity index (χ4n) is 2.18. The Morgan fingerprint density at radius 1 is 1.08 bits per heavy atom. The van der Waals surface area contributed by atoms with Crippen molar-refractivity contribution in [2.24, 2.45) is 5.10 Å². The van der Waals surface area contributed by atoms with E-state index in [2.05, 4.69) is 17.5 Å². The average Bonchev–Trinajstić information content (AvgIpc) is 2.66. The van der Waals surface area contributed by atoms with Gasteiger partial charge in [0.2, 0.25) is 0 Å². The zero-order valence-electron chi connectivity index (χ0n) is 14.7. The van der Waals surface area contributed by atoms with Gasteiger partial charge in [-0.2, -0.15) is 5.10 Å². The van der Waals surface area contributed by atoms with Crippen LogP contribution in [0.15, 0.2) is 53.6 Å². The highest BCUT2D eigenvalue weighted by Crippen LogP contribution is 2.14. The van der Waals surface area contributed by atoms with E-state index >= 15 is 0 Å². The van der Waals surface area contributed by atoms with Crippen molar-refractivity contribution in [2.75, 3.05) is 13.7 Å². The number of hydrazone groups is 1. The Morgan fingerprint density at radius 2 is 1.76 bits per heavy atom. The summed E-state index contributed by atoms with van der Waals surface area (Å²) in [6.45, 7) is 2.10. The molecule has 132 valence electrons. The van der Waals surface area contributed by atoms with Gasteiger partial charge in [-0.25, -0.2) is 5.43 Å². The van der Waals surface area contributed by atoms with Gasteiger partial charge in [-0.1, -0.05) is 25.5 Å². The number of hydrogen-bond donors (Lipinski definition) is 1. The lowest BCUT2D eigenvalue weighted by atomic mass is 10.1. The number of methoxy groups -OCH3 is 1. The Hall–Kier alpha value is -2.82. The van der Waals surface area contributed by atoms with Gasteiger partial charge in [0.15, 0.2) is 6.61 Å². The number of aryl methyl sites for hydroxylation is 1. The van der Waals surface area contributed by atoms with Gasteiger partial charge >= 0.3 is 0 Å². The lowest BCUT2D eigenvalue weighted by molar-refractivity contribution is -0.123. The number of hydrogen-bond acceptors (Lipinski definition) is 4. The number of amides is 1. The van der Waals surface area contributed by atoms with Crippen LogP contribution in [-0.4, -0.2) is 25.8 Å². The normalized spacial score (nSPS) is 10.6. The van der Waals surface area contributed by atoms with Crippen molar-refractivity contribution >= 4 is 12.1 Å². The molecule has 0 heterocycles. The summed E-state index contributed by atoms with van der Waals surface area (Å²) in [6, 6.07) is 15.2. The molecule has 25 heavy (non-hydrogen) atoms. The summed E-state index contributed by atoms with van der Waals surface area (Å²) in [5.74, 6) is 1.14. The number of nitrogens with zero attached hydrogens (tertiary/aromatic N) is 1. The van der Waals surface area contributed by atoms with Crippen LogP contribution in [0.4, 0.5) is 0 Å². The third-order valence-corrected chi connectivity index (χ3v) is 3.63. The zero-order chi connectivity index (χ0) is 17.9. The van der Waals surface area contributed by atoms with E-state index in [1.165, 1.54) is 18.4 Å². The molecule has 0 unspecified atom stereocenters. The van der Waals surface area contributed by atoms with Crippen LogP contribution < -0.4 is 14.9 Å². The van der Waals surface area contributed by atoms with Crippen molar-refractivity contribution in [1.82, 2.24) is 5.43 Å². The molecule has 0 bridgehead atoms. The molecular weight excluding hydrogens is 316 g/mol. The van der Waals surface area contributed by atoms with Crippen LogP contribution in [0.2, 0.25) is 0 Å². The van der Waals surface area contributed by atoms with E-state index in [-0.39, 0.29) is 12.5 Å². The van der Waals surface area contributed by atoms with Crippen LogP contribution in [0.25, 0.3) is 0 Å². The van der Waals surface area contributed by atoms with E-state index in [4.69, 9.17) is 9.47 Å². The van der Waals surface area contributed by atoms with Crippen molar-refractivity contribution < 1.29 is 14.3 Å². The summed E-state index contributed by atoms with van der Waals surface area (Å²) in [5, 5.41) is 3.91. The summed E-state index contributed by atoms with van der Waals surface area (Å²) in [6.07, 6.45) is 4.99. The van der Waals surface area contributed by atoms with Gasteiger partial charge in [-0.3, -0.25) is 4.79 Å². The number of unbranched alkanes of at least 4 members (excludes halogenated alkanes) is 1. The van der Waals surface area contributed by atoms with Crippen LogP contribution in [0, 0.1) is 0 Å². The zero-order valence-corrected chi connectivity index (χ0v) is 14.7. The molecule has 0 aromatic heterocycles. The molecule has 0 aliphatic carbocycles. The van der Waals surface area contributed by atoms with Crippen molar-refractivity contribution in [2.45, 2.75) is 26.2 Å². The standard InChI is InChI=1S/C20H24N2O3/c1-3-4-5-16-6-12-19(13-7-16)25-15-20(23)22-21-14-17-8-10-18(24-2)11-9-17/h6-14H,3-5,15H2,1-2H3,(H,22,23). The molecule has 1 amide bonds. The van der Waals surface area contributed by atoms with E-state index < -0.39 is 0 Å². The Labute approximate surface area is 148 Å². The number of rotatable bonds is 9. The van der Waals surface area contributed by atoms with Gasteiger partial charge in [-0.15, -0.1) is 0 Å². The lowest BCUT2D eigenvalue weighted by Crippen LogP contribution is -2.24. The maximum Gasteiger partial charge on any atom is 0.277 e. The van der Waals surface area contributed by atoms with Crippen LogP contribution in [0.5, 0.6) is 11.5 Å². The second kappa shape index (κ2) is 10.1. The van der Waals surface area contributed by atoms with Crippen LogP contribution in [0.1, 0.15) is 30.9 Å². The van der Waals surface area contributed by atoms with Crippen molar-refractivity contribution in [3.8, 4) is 11.5 Å². The largest absolute Gasteiger partial charge is 0.497 e. The molecule has 0 saturated heterocycles. The molecule has 0 saturated carbocycles. The highest BCUT2D eigenvalue weighted by atomic mass is 16.5. The number of ether oxygens (including phenoxy) is 2. The number of carbonyl (C=O) groups excluding carboxylic acids is 1. The number of nitrogens with one attached hydrogen (secondary N) is 1. The van der Waals surface area contributed by atoms with Gasteiger partial charge in [0, 0.05) is 0 Å². The van der Waals surface area contributed by atoms with Crippen LogP contribution >= 0.6 is 0 Å². The van der Waals surface area contributed by atoms with Gasteiger partial charge in [-0.05, 0) is 60.4 Å². The molecule has 0 radical (unpaired) electrons. The molecule has 2 rings (SSSR count). The maximum absolute atomic E-state index is 11.7. The summed E-state index contributed by atoms with van der Waals surface area (Å²) < 4.78 is 10.5. The first-order valence-corrected chi connectivity index (χ1v) is 8.39. The second-order valence-corrected chi connectivity index (χ2v) is 5.60. The van der Waals surface area contributed by atoms with Crippen LogP contribution in [-0.2, 0) is 11.2 Å². The molecule has 0 spiro atoms. The lowest BCUT2D eigenvalue weighted by Gasteiger charge is -2.06. The first kappa shape index (κ1) is 18.5. The minimum atomic E-state index is -0.306. The Balaban J connectivity index is 1.73. The fraction of sp³-hybridized carbons (Fsp3) is 0.300. The average molecular weight is 340 g/mol. The third-order valence-electron chi connectivity index (χ3n) is 3.63. The van der Waals surface area contributed by atoms with Gasteiger partial charge in [0.1, 0.15) is 11.5 Å². The Kier molecular flexibility index (Phi) is 7.50. The predicted molar refractivity (Wildman–Crippen MR) is 99.3 cm³/mol. The molecule has 1 N–H and O–H groups in total. The van der Waals surface area contributed by atoms with Crippen LogP contribution in [0.3, 0.4) is 0 Å². The van der Waals surface area contributed by atoms with Gasteiger partial charge in [0.05, 0.1) is 13.3 Å². The highest BCUT2D eigenvalue weighted by Gasteiger charge is 2.02. The predicted octanol–water partition coefficient (Wildman–Crippen LogP) is 3.57. The molecule has 0 fully saturated rings. The molecule has 2 aromatic rings. The van der Waals surface area contributed by atoms with Crippen molar-refractivity contribution in [3.63, 3.8) is 0 Å². The molecule has 0 aliphatic rings. The summed E-state index contributed by atoms with van der Waals surface area (Å²) in [5.41, 5.74) is 4.59. The van der Waals surface area contributed by atoms with E-state index in [9.17, 15) is 4.79 Å². The number of benzene rings is 2. The Bertz CT molecular complexity index is 679.